The van der Waals surface area contributed by atoms with E-state index in [0.717, 1.165) is 44.9 Å². The van der Waals surface area contributed by atoms with Gasteiger partial charge in [0.1, 0.15) is 0 Å². The van der Waals surface area contributed by atoms with Gasteiger partial charge in [0, 0.05) is 32.4 Å². The van der Waals surface area contributed by atoms with Crippen LogP contribution in [0, 0.1) is 5.92 Å². The van der Waals surface area contributed by atoms with Gasteiger partial charge in [-0.1, -0.05) is 19.3 Å². The van der Waals surface area contributed by atoms with Crippen LogP contribution in [0.3, 0.4) is 0 Å². The number of nitrogens with zero attached hydrogens (tertiary/aromatic N) is 3. The van der Waals surface area contributed by atoms with Gasteiger partial charge in [0.25, 0.3) is 10.0 Å². The summed E-state index contributed by atoms with van der Waals surface area (Å²) in [6.45, 7) is 1.16. The Hall–Kier alpha value is -1.41. The van der Waals surface area contributed by atoms with Crippen LogP contribution in [0.5, 0.6) is 0 Å². The molecule has 2 heterocycles. The fourth-order valence-electron chi connectivity index (χ4n) is 3.79. The van der Waals surface area contributed by atoms with Crippen LogP contribution in [-0.4, -0.2) is 47.3 Å². The highest BCUT2D eigenvalue weighted by atomic mass is 32.2. The molecule has 24 heavy (non-hydrogen) atoms. The third kappa shape index (κ3) is 3.49. The lowest BCUT2D eigenvalue weighted by molar-refractivity contribution is -0.125. The van der Waals surface area contributed by atoms with Crippen LogP contribution in [-0.2, 0) is 21.9 Å². The van der Waals surface area contributed by atoms with Crippen molar-refractivity contribution in [2.24, 2.45) is 13.0 Å². The minimum absolute atomic E-state index is 0.000575. The van der Waals surface area contributed by atoms with Crippen molar-refractivity contribution in [3.63, 3.8) is 0 Å². The van der Waals surface area contributed by atoms with Crippen LogP contribution >= 0.6 is 0 Å². The summed E-state index contributed by atoms with van der Waals surface area (Å²) in [6.07, 6.45) is 9.17. The van der Waals surface area contributed by atoms with Gasteiger partial charge in [-0.05, 0) is 25.7 Å². The summed E-state index contributed by atoms with van der Waals surface area (Å²) < 4.78 is 29.4. The number of fused-ring (bicyclic) bond motifs is 1. The van der Waals surface area contributed by atoms with E-state index in [2.05, 4.69) is 10.3 Å². The fourth-order valence-corrected chi connectivity index (χ4v) is 5.48. The van der Waals surface area contributed by atoms with E-state index in [4.69, 9.17) is 0 Å². The molecule has 2 atom stereocenters. The molecule has 2 unspecified atom stereocenters. The molecule has 1 saturated heterocycles. The summed E-state index contributed by atoms with van der Waals surface area (Å²) in [5.74, 6) is -0.248. The van der Waals surface area contributed by atoms with Crippen molar-refractivity contribution in [3.05, 3.63) is 12.5 Å². The van der Waals surface area contributed by atoms with E-state index in [-0.39, 0.29) is 22.9 Å². The predicted octanol–water partition coefficient (Wildman–Crippen LogP) is 1.27. The quantitative estimate of drug-likeness (QED) is 0.867. The Morgan fingerprint density at radius 3 is 2.71 bits per heavy atom. The van der Waals surface area contributed by atoms with Crippen LogP contribution in [0.25, 0.3) is 0 Å². The summed E-state index contributed by atoms with van der Waals surface area (Å²) in [5.41, 5.74) is 0. The highest BCUT2D eigenvalue weighted by Gasteiger charge is 2.42. The number of amides is 1. The first-order valence-corrected chi connectivity index (χ1v) is 10.2. The first kappa shape index (κ1) is 17.4. The molecule has 2 aliphatic rings. The van der Waals surface area contributed by atoms with Gasteiger partial charge in [-0.2, -0.15) is 4.31 Å². The highest BCUT2D eigenvalue weighted by Crippen LogP contribution is 2.34. The number of imidazole rings is 1. The van der Waals surface area contributed by atoms with Crippen LogP contribution in [0.4, 0.5) is 0 Å². The first-order chi connectivity index (χ1) is 11.5. The summed E-state index contributed by atoms with van der Waals surface area (Å²) >= 11 is 0. The van der Waals surface area contributed by atoms with Gasteiger partial charge in [0.05, 0.1) is 12.2 Å². The average molecular weight is 354 g/mol. The van der Waals surface area contributed by atoms with Crippen molar-refractivity contribution < 1.29 is 13.2 Å². The molecule has 0 spiro atoms. The number of nitrogens with one attached hydrogen (secondary N) is 1. The summed E-state index contributed by atoms with van der Waals surface area (Å²) in [4.78, 5) is 16.5. The third-order valence-electron chi connectivity index (χ3n) is 5.04. The lowest BCUT2D eigenvalue weighted by Crippen LogP contribution is -2.47. The lowest BCUT2D eigenvalue weighted by Gasteiger charge is -2.30. The molecular formula is C16H26N4O3S. The minimum Gasteiger partial charge on any atom is -0.356 e. The maximum absolute atomic E-state index is 13.1. The zero-order valence-corrected chi connectivity index (χ0v) is 15.0. The van der Waals surface area contributed by atoms with Crippen molar-refractivity contribution in [2.75, 3.05) is 13.1 Å². The zero-order chi connectivity index (χ0) is 17.2. The topological polar surface area (TPSA) is 84.3 Å². The lowest BCUT2D eigenvalue weighted by atomic mass is 10.0. The van der Waals surface area contributed by atoms with E-state index in [9.17, 15) is 13.2 Å². The SMILES string of the molecule is Cn1cnc(S(=O)(=O)N2CCCCCCNC(=O)C3CCCC32)c1. The number of rotatable bonds is 2. The van der Waals surface area contributed by atoms with Crippen molar-refractivity contribution in [1.29, 1.82) is 0 Å². The number of carbonyl (C=O) groups excluding carboxylic acids is 1. The molecular weight excluding hydrogens is 328 g/mol. The largest absolute Gasteiger partial charge is 0.356 e. The standard InChI is InChI=1S/C16H26N4O3S/c1-19-11-15(18-12-19)24(22,23)20-10-5-3-2-4-9-17-16(21)13-7-6-8-14(13)20/h11-14H,2-10H2,1H3,(H,17,21). The van der Waals surface area contributed by atoms with E-state index in [1.807, 2.05) is 0 Å². The average Bonchev–Trinajstić information content (AvgIpc) is 3.17. The van der Waals surface area contributed by atoms with E-state index in [0.29, 0.717) is 13.1 Å². The van der Waals surface area contributed by atoms with E-state index in [1.54, 1.807) is 15.9 Å². The number of aryl methyl sites for hydroxylation is 1. The van der Waals surface area contributed by atoms with Crippen LogP contribution in [0.15, 0.2) is 17.6 Å². The number of hydrogen-bond donors (Lipinski definition) is 1. The molecule has 1 aliphatic carbocycles. The molecule has 1 aliphatic heterocycles. The van der Waals surface area contributed by atoms with Crippen molar-refractivity contribution in [3.8, 4) is 0 Å². The van der Waals surface area contributed by atoms with Gasteiger partial charge in [0.15, 0.2) is 5.03 Å². The number of aromatic nitrogens is 2. The van der Waals surface area contributed by atoms with E-state index >= 15 is 0 Å². The van der Waals surface area contributed by atoms with Gasteiger partial charge in [0.2, 0.25) is 5.91 Å². The van der Waals surface area contributed by atoms with E-state index < -0.39 is 10.0 Å². The molecule has 8 heteroatoms. The molecule has 7 nitrogen and oxygen atoms in total. The van der Waals surface area contributed by atoms with E-state index in [1.165, 1.54) is 12.5 Å². The molecule has 3 rings (SSSR count). The van der Waals surface area contributed by atoms with Crippen LogP contribution < -0.4 is 5.32 Å². The summed E-state index contributed by atoms with van der Waals surface area (Å²) in [5, 5.41) is 3.06. The molecule has 2 fully saturated rings. The second-order valence-electron chi connectivity index (χ2n) is 6.80. The summed E-state index contributed by atoms with van der Waals surface area (Å²) in [6, 6.07) is -0.255. The zero-order valence-electron chi connectivity index (χ0n) is 14.1. The van der Waals surface area contributed by atoms with Crippen molar-refractivity contribution >= 4 is 15.9 Å². The fraction of sp³-hybridized carbons (Fsp3) is 0.750. The van der Waals surface area contributed by atoms with Crippen molar-refractivity contribution in [2.45, 2.75) is 56.0 Å². The second kappa shape index (κ2) is 7.23. The molecule has 1 amide bonds. The molecule has 0 aromatic carbocycles. The smallest absolute Gasteiger partial charge is 0.262 e. The Morgan fingerprint density at radius 1 is 1.17 bits per heavy atom. The Bertz CT molecular complexity index is 685. The van der Waals surface area contributed by atoms with Gasteiger partial charge >= 0.3 is 0 Å². The maximum Gasteiger partial charge on any atom is 0.262 e. The summed E-state index contributed by atoms with van der Waals surface area (Å²) in [7, 11) is -1.92. The van der Waals surface area contributed by atoms with Crippen LogP contribution in [0.2, 0.25) is 0 Å². The Kier molecular flexibility index (Phi) is 5.24. The molecule has 1 N–H and O–H groups in total. The normalized spacial score (nSPS) is 27.3. The highest BCUT2D eigenvalue weighted by molar-refractivity contribution is 7.89. The van der Waals surface area contributed by atoms with Gasteiger partial charge in [-0.15, -0.1) is 0 Å². The molecule has 1 saturated carbocycles. The Balaban J connectivity index is 1.93. The third-order valence-corrected chi connectivity index (χ3v) is 6.86. The predicted molar refractivity (Wildman–Crippen MR) is 89.7 cm³/mol. The molecule has 1 aromatic heterocycles. The first-order valence-electron chi connectivity index (χ1n) is 8.77. The Labute approximate surface area is 143 Å². The number of carbonyl (C=O) groups is 1. The minimum atomic E-state index is -3.68. The number of hydrogen-bond acceptors (Lipinski definition) is 4. The van der Waals surface area contributed by atoms with Gasteiger partial charge in [-0.25, -0.2) is 13.4 Å². The molecule has 0 radical (unpaired) electrons. The molecule has 1 aromatic rings. The van der Waals surface area contributed by atoms with Crippen LogP contribution in [0.1, 0.15) is 44.9 Å². The maximum atomic E-state index is 13.1. The number of sulfonamides is 1. The monoisotopic (exact) mass is 354 g/mol. The Morgan fingerprint density at radius 2 is 1.96 bits per heavy atom. The molecule has 0 bridgehead atoms. The van der Waals surface area contributed by atoms with Gasteiger partial charge < -0.3 is 9.88 Å². The van der Waals surface area contributed by atoms with Crippen molar-refractivity contribution in [1.82, 2.24) is 19.2 Å². The molecule has 134 valence electrons. The second-order valence-corrected chi connectivity index (χ2v) is 8.64. The van der Waals surface area contributed by atoms with Gasteiger partial charge in [-0.3, -0.25) is 4.79 Å².